The second kappa shape index (κ2) is 6.37. The predicted octanol–water partition coefficient (Wildman–Crippen LogP) is 0.534. The van der Waals surface area contributed by atoms with Gasteiger partial charge >= 0.3 is 0 Å². The molecule has 6 unspecified atom stereocenters. The number of hydrogen-bond acceptors (Lipinski definition) is 5. The summed E-state index contributed by atoms with van der Waals surface area (Å²) in [5.74, 6) is 1.83. The Morgan fingerprint density at radius 2 is 2.03 bits per heavy atom. The molecule has 7 heteroatoms. The minimum atomic E-state index is -0.551. The number of benzene rings is 1. The number of imide groups is 1. The number of rotatable bonds is 4. The van der Waals surface area contributed by atoms with Gasteiger partial charge in [-0.3, -0.25) is 19.7 Å². The fraction of sp³-hybridized carbons (Fsp3) is 0.591. The smallest absolute Gasteiger partial charge is 0.255 e. The summed E-state index contributed by atoms with van der Waals surface area (Å²) in [6.45, 7) is 2.42. The van der Waals surface area contributed by atoms with Crippen molar-refractivity contribution in [1.29, 1.82) is 0 Å². The summed E-state index contributed by atoms with van der Waals surface area (Å²) in [6, 6.07) is 6.64. The molecule has 5 aliphatic rings. The molecule has 6 atom stereocenters. The summed E-state index contributed by atoms with van der Waals surface area (Å²) in [4.78, 5) is 38.0. The van der Waals surface area contributed by atoms with Gasteiger partial charge < -0.3 is 15.5 Å². The molecule has 0 aromatic heterocycles. The monoisotopic (exact) mass is 394 g/mol. The van der Waals surface area contributed by atoms with Gasteiger partial charge in [-0.15, -0.1) is 0 Å². The van der Waals surface area contributed by atoms with Crippen molar-refractivity contribution in [2.75, 3.05) is 6.54 Å². The number of fused-ring (bicyclic) bond motifs is 2. The molecular weight excluding hydrogens is 368 g/mol. The van der Waals surface area contributed by atoms with E-state index in [1.165, 1.54) is 24.9 Å². The molecule has 0 radical (unpaired) electrons. The van der Waals surface area contributed by atoms with E-state index in [0.717, 1.165) is 29.9 Å². The maximum absolute atomic E-state index is 12.8. The van der Waals surface area contributed by atoms with Gasteiger partial charge in [-0.2, -0.15) is 0 Å². The SMILES string of the molecule is O=C1CCC(N2Cc3cc(CNC4C5CC6CNC4C6C5)ccc3C2=O)C(=O)N1. The molecule has 2 aliphatic carbocycles. The molecule has 7 nitrogen and oxygen atoms in total. The van der Waals surface area contributed by atoms with Gasteiger partial charge in [-0.05, 0) is 60.8 Å². The third kappa shape index (κ3) is 2.67. The predicted molar refractivity (Wildman–Crippen MR) is 105 cm³/mol. The topological polar surface area (TPSA) is 90.5 Å². The maximum Gasteiger partial charge on any atom is 0.255 e. The van der Waals surface area contributed by atoms with E-state index in [-0.39, 0.29) is 24.1 Å². The van der Waals surface area contributed by atoms with Gasteiger partial charge in [0.2, 0.25) is 11.8 Å². The van der Waals surface area contributed by atoms with E-state index in [4.69, 9.17) is 0 Å². The summed E-state index contributed by atoms with van der Waals surface area (Å²) in [7, 11) is 0. The van der Waals surface area contributed by atoms with Gasteiger partial charge in [0.1, 0.15) is 6.04 Å². The van der Waals surface area contributed by atoms with Gasteiger partial charge in [-0.25, -0.2) is 0 Å². The van der Waals surface area contributed by atoms with E-state index >= 15 is 0 Å². The first-order valence-corrected chi connectivity index (χ1v) is 10.8. The highest BCUT2D eigenvalue weighted by Crippen LogP contribution is 2.51. The molecule has 2 saturated carbocycles. The number of piperidine rings is 1. The number of nitrogens with one attached hydrogen (secondary N) is 3. The Kier molecular flexibility index (Phi) is 3.87. The van der Waals surface area contributed by atoms with Gasteiger partial charge in [-0.1, -0.05) is 12.1 Å². The second-order valence-corrected chi connectivity index (χ2v) is 9.39. The van der Waals surface area contributed by atoms with Crippen LogP contribution < -0.4 is 16.0 Å². The van der Waals surface area contributed by atoms with Crippen molar-refractivity contribution in [1.82, 2.24) is 20.9 Å². The van der Waals surface area contributed by atoms with Crippen LogP contribution in [0, 0.1) is 17.8 Å². The van der Waals surface area contributed by atoms with E-state index in [1.807, 2.05) is 12.1 Å². The van der Waals surface area contributed by atoms with Gasteiger partial charge in [0.15, 0.2) is 0 Å². The first kappa shape index (κ1) is 17.6. The number of carbonyl (C=O) groups is 3. The van der Waals surface area contributed by atoms with Crippen LogP contribution >= 0.6 is 0 Å². The molecule has 29 heavy (non-hydrogen) atoms. The Hall–Kier alpha value is -2.25. The van der Waals surface area contributed by atoms with Crippen LogP contribution in [-0.2, 0) is 22.7 Å². The highest BCUT2D eigenvalue weighted by Gasteiger charge is 2.55. The average molecular weight is 394 g/mol. The normalized spacial score (nSPS) is 37.4. The summed E-state index contributed by atoms with van der Waals surface area (Å²) in [6.07, 6.45) is 3.40. The standard InChI is InChI=1S/C22H26N4O3/c27-18-4-3-17(21(28)25-18)26-10-14-5-11(1-2-15(14)22(26)29)8-23-19-12-6-13-9-24-20(19)16(13)7-12/h1-2,5,12-13,16-17,19-20,23-24H,3-4,6-10H2,(H,25,27,28). The van der Waals surface area contributed by atoms with E-state index < -0.39 is 6.04 Å². The quantitative estimate of drug-likeness (QED) is 0.649. The van der Waals surface area contributed by atoms with Crippen LogP contribution in [-0.4, -0.2) is 47.3 Å². The largest absolute Gasteiger partial charge is 0.322 e. The minimum Gasteiger partial charge on any atom is -0.322 e. The molecule has 3 heterocycles. The average Bonchev–Trinajstić information content (AvgIpc) is 3.40. The number of amides is 3. The molecule has 4 fully saturated rings. The molecule has 1 aromatic rings. The highest BCUT2D eigenvalue weighted by molar-refractivity contribution is 6.05. The Morgan fingerprint density at radius 3 is 2.90 bits per heavy atom. The first-order chi connectivity index (χ1) is 14.1. The third-order valence-corrected chi connectivity index (χ3v) is 7.89. The lowest BCUT2D eigenvalue weighted by atomic mass is 9.86. The Labute approximate surface area is 169 Å². The Morgan fingerprint density at radius 1 is 1.14 bits per heavy atom. The maximum atomic E-state index is 12.8. The van der Waals surface area contributed by atoms with Gasteiger partial charge in [0, 0.05) is 37.2 Å². The molecule has 152 valence electrons. The van der Waals surface area contributed by atoms with E-state index in [1.54, 1.807) is 4.90 Å². The van der Waals surface area contributed by atoms with E-state index in [9.17, 15) is 14.4 Å². The zero-order valence-corrected chi connectivity index (χ0v) is 16.3. The molecule has 2 saturated heterocycles. The lowest BCUT2D eigenvalue weighted by Crippen LogP contribution is -2.52. The fourth-order valence-corrected chi connectivity index (χ4v) is 6.56. The molecular formula is C22H26N4O3. The Balaban J connectivity index is 1.14. The van der Waals surface area contributed by atoms with Crippen LogP contribution in [0.3, 0.4) is 0 Å². The van der Waals surface area contributed by atoms with Crippen LogP contribution in [0.15, 0.2) is 18.2 Å². The highest BCUT2D eigenvalue weighted by atomic mass is 16.2. The number of hydrogen-bond donors (Lipinski definition) is 3. The van der Waals surface area contributed by atoms with Crippen LogP contribution in [0.4, 0.5) is 0 Å². The van der Waals surface area contributed by atoms with Crippen LogP contribution in [0.25, 0.3) is 0 Å². The van der Waals surface area contributed by atoms with Gasteiger partial charge in [0.05, 0.1) is 0 Å². The van der Waals surface area contributed by atoms with Crippen molar-refractivity contribution < 1.29 is 14.4 Å². The molecule has 1 aromatic carbocycles. The number of nitrogens with zero attached hydrogens (tertiary/aromatic N) is 1. The van der Waals surface area contributed by atoms with Crippen molar-refractivity contribution in [3.8, 4) is 0 Å². The van der Waals surface area contributed by atoms with Crippen molar-refractivity contribution in [2.24, 2.45) is 17.8 Å². The molecule has 2 bridgehead atoms. The zero-order valence-electron chi connectivity index (χ0n) is 16.3. The van der Waals surface area contributed by atoms with Crippen LogP contribution in [0.2, 0.25) is 0 Å². The molecule has 3 N–H and O–H groups in total. The third-order valence-electron chi connectivity index (χ3n) is 7.89. The second-order valence-electron chi connectivity index (χ2n) is 9.39. The van der Waals surface area contributed by atoms with E-state index in [2.05, 4.69) is 22.0 Å². The van der Waals surface area contributed by atoms with Crippen molar-refractivity contribution >= 4 is 17.7 Å². The summed E-state index contributed by atoms with van der Waals surface area (Å²) < 4.78 is 0. The molecule has 3 amide bonds. The summed E-state index contributed by atoms with van der Waals surface area (Å²) in [5.41, 5.74) is 2.84. The van der Waals surface area contributed by atoms with Crippen molar-refractivity contribution in [3.05, 3.63) is 34.9 Å². The molecule has 6 rings (SSSR count). The fourth-order valence-electron chi connectivity index (χ4n) is 6.56. The summed E-state index contributed by atoms with van der Waals surface area (Å²) >= 11 is 0. The van der Waals surface area contributed by atoms with Crippen LogP contribution in [0.5, 0.6) is 0 Å². The van der Waals surface area contributed by atoms with Crippen molar-refractivity contribution in [2.45, 2.75) is 56.9 Å². The number of carbonyl (C=O) groups excluding carboxylic acids is 3. The zero-order chi connectivity index (χ0) is 19.7. The summed E-state index contributed by atoms with van der Waals surface area (Å²) in [5, 5.41) is 9.86. The Bertz CT molecular complexity index is 913. The van der Waals surface area contributed by atoms with Crippen LogP contribution in [0.1, 0.15) is 47.2 Å². The van der Waals surface area contributed by atoms with E-state index in [0.29, 0.717) is 30.6 Å². The first-order valence-electron chi connectivity index (χ1n) is 10.8. The molecule has 3 aliphatic heterocycles. The van der Waals surface area contributed by atoms with Gasteiger partial charge in [0.25, 0.3) is 5.91 Å². The molecule has 0 spiro atoms. The minimum absolute atomic E-state index is 0.108. The lowest BCUT2D eigenvalue weighted by Gasteiger charge is -2.29. The van der Waals surface area contributed by atoms with Crippen molar-refractivity contribution in [3.63, 3.8) is 0 Å². The lowest BCUT2D eigenvalue weighted by molar-refractivity contribution is -0.136.